The Labute approximate surface area is 260 Å². The molecule has 2 heterocycles. The molecular formula is C38H30O4P2. The molecule has 6 heteroatoms. The van der Waals surface area contributed by atoms with Crippen LogP contribution in [0.5, 0.6) is 11.5 Å². The van der Waals surface area contributed by atoms with Crippen molar-refractivity contribution in [3.05, 3.63) is 169 Å². The average molecular weight is 613 g/mol. The number of benzene rings is 5. The fourth-order valence-corrected chi connectivity index (χ4v) is 14.4. The zero-order valence-corrected chi connectivity index (χ0v) is 25.7. The van der Waals surface area contributed by atoms with E-state index >= 15 is 0 Å². The second kappa shape index (κ2) is 11.6. The smallest absolute Gasteiger partial charge is 0.231 e. The van der Waals surface area contributed by atoms with Gasteiger partial charge in [-0.3, -0.25) is 0 Å². The van der Waals surface area contributed by atoms with Crippen molar-refractivity contribution >= 4 is 37.1 Å². The van der Waals surface area contributed by atoms with Gasteiger partial charge in [0.15, 0.2) is 23.0 Å². The highest BCUT2D eigenvalue weighted by molar-refractivity contribution is 7.91. The van der Waals surface area contributed by atoms with Gasteiger partial charge in [-0.1, -0.05) is 140 Å². The Kier molecular flexibility index (Phi) is 7.18. The SMILES string of the molecule is C1=CC(P(c2ccccc2)c2ccccc2)(P(c2ccccc2)c2ccccc2)C(c2cccc3c2OCO3)C2=C1OCO2. The number of fused-ring (bicyclic) bond motifs is 1. The van der Waals surface area contributed by atoms with Crippen molar-refractivity contribution in [2.75, 3.05) is 13.6 Å². The predicted molar refractivity (Wildman–Crippen MR) is 179 cm³/mol. The number of allylic oxidation sites excluding steroid dienone is 3. The number of hydrogen-bond donors (Lipinski definition) is 0. The van der Waals surface area contributed by atoms with E-state index in [-0.39, 0.29) is 19.5 Å². The molecule has 0 bridgehead atoms. The maximum absolute atomic E-state index is 6.51. The fraction of sp³-hybridized carbons (Fsp3) is 0.105. The molecule has 0 N–H and O–H groups in total. The molecule has 1 aliphatic carbocycles. The lowest BCUT2D eigenvalue weighted by Crippen LogP contribution is -2.44. The summed E-state index contributed by atoms with van der Waals surface area (Å²) < 4.78 is 24.8. The van der Waals surface area contributed by atoms with Gasteiger partial charge in [-0.25, -0.2) is 0 Å². The van der Waals surface area contributed by atoms with Crippen LogP contribution in [0.4, 0.5) is 0 Å². The lowest BCUT2D eigenvalue weighted by atomic mass is 9.88. The molecule has 0 spiro atoms. The Morgan fingerprint density at radius 1 is 0.500 bits per heavy atom. The van der Waals surface area contributed by atoms with Crippen LogP contribution in [0, 0.1) is 0 Å². The van der Waals surface area contributed by atoms with Crippen LogP contribution in [0.3, 0.4) is 0 Å². The Hall–Kier alpha value is -4.36. The van der Waals surface area contributed by atoms with Gasteiger partial charge in [-0.2, -0.15) is 0 Å². The third-order valence-electron chi connectivity index (χ3n) is 8.35. The summed E-state index contributed by atoms with van der Waals surface area (Å²) in [6.45, 7) is 0.389. The Bertz CT molecular complexity index is 1660. The second-order valence-electron chi connectivity index (χ2n) is 10.8. The number of rotatable bonds is 7. The van der Waals surface area contributed by atoms with Gasteiger partial charge in [0.25, 0.3) is 0 Å². The van der Waals surface area contributed by atoms with Crippen molar-refractivity contribution in [1.82, 2.24) is 0 Å². The van der Waals surface area contributed by atoms with E-state index in [9.17, 15) is 0 Å². The average Bonchev–Trinajstić information content (AvgIpc) is 3.77. The molecule has 216 valence electrons. The molecule has 4 nitrogen and oxygen atoms in total. The summed E-state index contributed by atoms with van der Waals surface area (Å²) in [5.74, 6) is 2.97. The normalized spacial score (nSPS) is 17.8. The van der Waals surface area contributed by atoms with Crippen LogP contribution in [0.25, 0.3) is 0 Å². The number of para-hydroxylation sites is 1. The molecule has 0 saturated carbocycles. The largest absolute Gasteiger partial charge is 0.457 e. The Balaban J connectivity index is 1.52. The predicted octanol–water partition coefficient (Wildman–Crippen LogP) is 7.25. The Morgan fingerprint density at radius 3 is 1.52 bits per heavy atom. The minimum atomic E-state index is -1.06. The zero-order valence-electron chi connectivity index (χ0n) is 24.0. The van der Waals surface area contributed by atoms with E-state index in [0.717, 1.165) is 28.6 Å². The van der Waals surface area contributed by atoms with Crippen LogP contribution < -0.4 is 30.7 Å². The van der Waals surface area contributed by atoms with Crippen LogP contribution in [-0.2, 0) is 9.47 Å². The molecular weight excluding hydrogens is 582 g/mol. The minimum absolute atomic E-state index is 0.192. The van der Waals surface area contributed by atoms with Gasteiger partial charge in [-0.15, -0.1) is 0 Å². The first-order valence-electron chi connectivity index (χ1n) is 14.7. The number of ether oxygens (including phenoxy) is 4. The van der Waals surface area contributed by atoms with E-state index < -0.39 is 20.7 Å². The van der Waals surface area contributed by atoms with Crippen LogP contribution in [0.1, 0.15) is 11.5 Å². The molecule has 8 rings (SSSR count). The summed E-state index contributed by atoms with van der Waals surface area (Å²) in [4.78, 5) is -0.496. The first-order chi connectivity index (χ1) is 21.8. The summed E-state index contributed by atoms with van der Waals surface area (Å²) in [6.07, 6.45) is 4.62. The van der Waals surface area contributed by atoms with Crippen LogP contribution in [0.2, 0.25) is 0 Å². The van der Waals surface area contributed by atoms with Crippen LogP contribution in [0.15, 0.2) is 163 Å². The summed E-state index contributed by atoms with van der Waals surface area (Å²) in [7, 11) is -2.11. The van der Waals surface area contributed by atoms with Gasteiger partial charge >= 0.3 is 0 Å². The van der Waals surface area contributed by atoms with Gasteiger partial charge in [0.2, 0.25) is 13.6 Å². The standard InChI is InChI=1S/C38H30O4P2/c1-5-14-28(15-6-1)43(29-16-7-2-8-17-29)38(44(30-18-9-3-10-19-30)31-20-11-4-12-21-31)25-24-34-37(42-27-40-34)35(38)32-22-13-23-33-36(32)41-26-39-33/h1-25,35H,26-27H2. The highest BCUT2D eigenvalue weighted by Gasteiger charge is 2.57. The van der Waals surface area contributed by atoms with Gasteiger partial charge in [0, 0.05) is 5.56 Å². The minimum Gasteiger partial charge on any atom is -0.457 e. The quantitative estimate of drug-likeness (QED) is 0.182. The molecule has 3 aliphatic rings. The van der Waals surface area contributed by atoms with Crippen molar-refractivity contribution < 1.29 is 18.9 Å². The summed E-state index contributed by atoms with van der Waals surface area (Å²) in [5, 5.41) is 5.21. The molecule has 5 aromatic rings. The molecule has 0 amide bonds. The molecule has 2 aliphatic heterocycles. The highest BCUT2D eigenvalue weighted by atomic mass is 31.2. The molecule has 1 atom stereocenters. The first-order valence-corrected chi connectivity index (χ1v) is 17.4. The monoisotopic (exact) mass is 612 g/mol. The molecule has 0 radical (unpaired) electrons. The molecule has 44 heavy (non-hydrogen) atoms. The third-order valence-corrected chi connectivity index (χ3v) is 15.1. The molecule has 0 fully saturated rings. The maximum atomic E-state index is 6.51. The summed E-state index contributed by atoms with van der Waals surface area (Å²) >= 11 is 0. The van der Waals surface area contributed by atoms with Crippen LogP contribution in [-0.4, -0.2) is 18.5 Å². The zero-order chi connectivity index (χ0) is 29.3. The van der Waals surface area contributed by atoms with E-state index in [0.29, 0.717) is 0 Å². The molecule has 0 aromatic heterocycles. The van der Waals surface area contributed by atoms with E-state index in [2.05, 4.69) is 146 Å². The van der Waals surface area contributed by atoms with Crippen molar-refractivity contribution in [1.29, 1.82) is 0 Å². The maximum Gasteiger partial charge on any atom is 0.231 e. The molecule has 5 aromatic carbocycles. The van der Waals surface area contributed by atoms with Crippen LogP contribution >= 0.6 is 15.8 Å². The van der Waals surface area contributed by atoms with E-state index in [1.54, 1.807) is 0 Å². The third kappa shape index (κ3) is 4.53. The molecule has 1 unspecified atom stereocenters. The van der Waals surface area contributed by atoms with E-state index in [1.807, 2.05) is 6.07 Å². The molecule has 0 saturated heterocycles. The van der Waals surface area contributed by atoms with Gasteiger partial charge < -0.3 is 18.9 Å². The van der Waals surface area contributed by atoms with Gasteiger partial charge in [0.1, 0.15) is 0 Å². The Morgan fingerprint density at radius 2 is 1.00 bits per heavy atom. The van der Waals surface area contributed by atoms with E-state index in [1.165, 1.54) is 21.2 Å². The highest BCUT2D eigenvalue weighted by Crippen LogP contribution is 2.74. The van der Waals surface area contributed by atoms with Crippen molar-refractivity contribution in [3.63, 3.8) is 0 Å². The van der Waals surface area contributed by atoms with Crippen molar-refractivity contribution in [2.45, 2.75) is 10.8 Å². The van der Waals surface area contributed by atoms with Crippen molar-refractivity contribution in [3.8, 4) is 11.5 Å². The first kappa shape index (κ1) is 27.2. The lowest BCUT2D eigenvalue weighted by molar-refractivity contribution is 0.0703. The second-order valence-corrected chi connectivity index (χ2v) is 16.0. The van der Waals surface area contributed by atoms with Gasteiger partial charge in [0.05, 0.1) is 10.8 Å². The fourth-order valence-electron chi connectivity index (χ4n) is 6.63. The van der Waals surface area contributed by atoms with Crippen molar-refractivity contribution in [2.24, 2.45) is 0 Å². The lowest BCUT2D eigenvalue weighted by Gasteiger charge is -2.51. The van der Waals surface area contributed by atoms with E-state index in [4.69, 9.17) is 18.9 Å². The van der Waals surface area contributed by atoms with Gasteiger partial charge in [-0.05, 0) is 49.2 Å². The number of hydrogen-bond acceptors (Lipinski definition) is 4. The topological polar surface area (TPSA) is 36.9 Å². The summed E-state index contributed by atoms with van der Waals surface area (Å²) in [5.41, 5.74) is 1.06. The summed E-state index contributed by atoms with van der Waals surface area (Å²) in [6, 6.07) is 50.3.